The number of hydrogen-bond donors (Lipinski definition) is 1. The maximum Gasteiger partial charge on any atom is 0.291 e. The van der Waals surface area contributed by atoms with Crippen molar-refractivity contribution in [3.8, 4) is 0 Å². The van der Waals surface area contributed by atoms with Gasteiger partial charge in [-0.1, -0.05) is 17.7 Å². The molecule has 3 aromatic rings. The summed E-state index contributed by atoms with van der Waals surface area (Å²) in [5, 5.41) is 2.82. The molecule has 0 bridgehead atoms. The number of anilines is 1. The molecule has 2 heterocycles. The SMILES string of the molecule is Cc1ccc(C(=O)N2CCN(C(=O)c3ccc(F)cc3Cl)CC2)cc1NC(=O)c1ccco1. The van der Waals surface area contributed by atoms with Crippen LogP contribution in [0.5, 0.6) is 0 Å². The van der Waals surface area contributed by atoms with E-state index < -0.39 is 11.7 Å². The second-order valence-electron chi connectivity index (χ2n) is 7.67. The van der Waals surface area contributed by atoms with Gasteiger partial charge in [0.25, 0.3) is 17.7 Å². The molecule has 0 spiro atoms. The van der Waals surface area contributed by atoms with E-state index >= 15 is 0 Å². The Morgan fingerprint density at radius 2 is 1.67 bits per heavy atom. The van der Waals surface area contributed by atoms with Crippen LogP contribution in [0.1, 0.15) is 36.8 Å². The number of halogens is 2. The van der Waals surface area contributed by atoms with Gasteiger partial charge in [-0.05, 0) is 55.0 Å². The van der Waals surface area contributed by atoms with Crippen molar-refractivity contribution in [3.63, 3.8) is 0 Å². The highest BCUT2D eigenvalue weighted by molar-refractivity contribution is 6.33. The van der Waals surface area contributed by atoms with Crippen LogP contribution >= 0.6 is 11.6 Å². The molecule has 0 saturated carbocycles. The summed E-state index contributed by atoms with van der Waals surface area (Å²) in [6.07, 6.45) is 1.41. The molecule has 4 rings (SSSR count). The van der Waals surface area contributed by atoms with Gasteiger partial charge in [-0.3, -0.25) is 14.4 Å². The summed E-state index contributed by atoms with van der Waals surface area (Å²) in [6, 6.07) is 11.9. The van der Waals surface area contributed by atoms with Gasteiger partial charge in [-0.15, -0.1) is 0 Å². The fourth-order valence-corrected chi connectivity index (χ4v) is 3.86. The summed E-state index contributed by atoms with van der Waals surface area (Å²) in [5.74, 6) is -1.24. The van der Waals surface area contributed by atoms with E-state index in [9.17, 15) is 18.8 Å². The van der Waals surface area contributed by atoms with Gasteiger partial charge in [-0.2, -0.15) is 0 Å². The number of hydrogen-bond acceptors (Lipinski definition) is 4. The summed E-state index contributed by atoms with van der Waals surface area (Å²) >= 11 is 6.01. The van der Waals surface area contributed by atoms with Crippen molar-refractivity contribution in [2.45, 2.75) is 6.92 Å². The Balaban J connectivity index is 1.41. The van der Waals surface area contributed by atoms with E-state index in [1.807, 2.05) is 6.92 Å². The molecular weight excluding hydrogens is 449 g/mol. The van der Waals surface area contributed by atoms with Crippen LogP contribution in [0.3, 0.4) is 0 Å². The van der Waals surface area contributed by atoms with Crippen LogP contribution in [0.2, 0.25) is 5.02 Å². The van der Waals surface area contributed by atoms with Crippen LogP contribution in [0.4, 0.5) is 10.1 Å². The molecule has 170 valence electrons. The molecule has 0 aliphatic carbocycles. The lowest BCUT2D eigenvalue weighted by Gasteiger charge is -2.35. The van der Waals surface area contributed by atoms with Crippen molar-refractivity contribution in [1.29, 1.82) is 0 Å². The number of furan rings is 1. The number of benzene rings is 2. The van der Waals surface area contributed by atoms with Crippen LogP contribution in [0.15, 0.2) is 59.2 Å². The van der Waals surface area contributed by atoms with E-state index in [1.54, 1.807) is 40.1 Å². The average Bonchev–Trinajstić information content (AvgIpc) is 3.35. The predicted molar refractivity (Wildman–Crippen MR) is 121 cm³/mol. The third kappa shape index (κ3) is 4.90. The quantitative estimate of drug-likeness (QED) is 0.619. The molecule has 1 aliphatic rings. The van der Waals surface area contributed by atoms with Gasteiger partial charge in [0, 0.05) is 37.4 Å². The Hall–Kier alpha value is -3.65. The number of amides is 3. The third-order valence-corrected chi connectivity index (χ3v) is 5.81. The molecule has 7 nitrogen and oxygen atoms in total. The van der Waals surface area contributed by atoms with Gasteiger partial charge in [0.15, 0.2) is 5.76 Å². The monoisotopic (exact) mass is 469 g/mol. The first-order valence-electron chi connectivity index (χ1n) is 10.3. The summed E-state index contributed by atoms with van der Waals surface area (Å²) in [7, 11) is 0. The van der Waals surface area contributed by atoms with Crippen molar-refractivity contribution in [2.75, 3.05) is 31.5 Å². The van der Waals surface area contributed by atoms with Gasteiger partial charge < -0.3 is 19.5 Å². The van der Waals surface area contributed by atoms with E-state index in [0.717, 1.165) is 11.6 Å². The summed E-state index contributed by atoms with van der Waals surface area (Å²) in [4.78, 5) is 41.3. The molecule has 0 unspecified atom stereocenters. The molecule has 1 fully saturated rings. The number of aryl methyl sites for hydroxylation is 1. The van der Waals surface area contributed by atoms with Gasteiger partial charge in [-0.25, -0.2) is 4.39 Å². The number of rotatable bonds is 4. The number of nitrogens with one attached hydrogen (secondary N) is 1. The second-order valence-corrected chi connectivity index (χ2v) is 8.08. The minimum Gasteiger partial charge on any atom is -0.459 e. The van der Waals surface area contributed by atoms with Crippen LogP contribution < -0.4 is 5.32 Å². The summed E-state index contributed by atoms with van der Waals surface area (Å²) in [6.45, 7) is 3.16. The fourth-order valence-electron chi connectivity index (χ4n) is 3.61. The molecule has 2 aromatic carbocycles. The number of carbonyl (C=O) groups excluding carboxylic acids is 3. The van der Waals surface area contributed by atoms with Crippen molar-refractivity contribution in [2.24, 2.45) is 0 Å². The lowest BCUT2D eigenvalue weighted by Crippen LogP contribution is -2.50. The first-order chi connectivity index (χ1) is 15.8. The zero-order chi connectivity index (χ0) is 23.5. The van der Waals surface area contributed by atoms with Crippen LogP contribution in [-0.4, -0.2) is 53.7 Å². The topological polar surface area (TPSA) is 82.9 Å². The minimum atomic E-state index is -0.509. The lowest BCUT2D eigenvalue weighted by atomic mass is 10.1. The van der Waals surface area contributed by atoms with Gasteiger partial charge >= 0.3 is 0 Å². The first kappa shape index (κ1) is 22.5. The van der Waals surface area contributed by atoms with Crippen LogP contribution in [0, 0.1) is 12.7 Å². The van der Waals surface area contributed by atoms with Gasteiger partial charge in [0.2, 0.25) is 0 Å². The fraction of sp³-hybridized carbons (Fsp3) is 0.208. The summed E-state index contributed by atoms with van der Waals surface area (Å²) in [5.41, 5.74) is 1.98. The number of nitrogens with zero attached hydrogens (tertiary/aromatic N) is 2. The molecule has 1 N–H and O–H groups in total. The minimum absolute atomic E-state index is 0.0577. The molecule has 1 aromatic heterocycles. The molecule has 33 heavy (non-hydrogen) atoms. The van der Waals surface area contributed by atoms with E-state index in [-0.39, 0.29) is 28.2 Å². The van der Waals surface area contributed by atoms with Crippen molar-refractivity contribution < 1.29 is 23.2 Å². The lowest BCUT2D eigenvalue weighted by molar-refractivity contribution is 0.0535. The van der Waals surface area contributed by atoms with Gasteiger partial charge in [0.05, 0.1) is 16.8 Å². The van der Waals surface area contributed by atoms with Crippen molar-refractivity contribution in [1.82, 2.24) is 9.80 Å². The molecular formula is C24H21ClFN3O4. The second kappa shape index (κ2) is 9.46. The van der Waals surface area contributed by atoms with E-state index in [2.05, 4.69) is 5.32 Å². The normalized spacial score (nSPS) is 13.7. The Morgan fingerprint density at radius 3 is 2.30 bits per heavy atom. The van der Waals surface area contributed by atoms with Crippen molar-refractivity contribution in [3.05, 3.63) is 88.1 Å². The van der Waals surface area contributed by atoms with Crippen molar-refractivity contribution >= 4 is 35.0 Å². The Kier molecular flexibility index (Phi) is 6.46. The highest BCUT2D eigenvalue weighted by Gasteiger charge is 2.27. The molecule has 0 atom stereocenters. The molecule has 1 aliphatic heterocycles. The van der Waals surface area contributed by atoms with Gasteiger partial charge in [0.1, 0.15) is 5.82 Å². The predicted octanol–water partition coefficient (Wildman–Crippen LogP) is 4.23. The van der Waals surface area contributed by atoms with E-state index in [0.29, 0.717) is 37.4 Å². The Bertz CT molecular complexity index is 1200. The molecule has 9 heteroatoms. The number of piperazine rings is 1. The average molecular weight is 470 g/mol. The zero-order valence-corrected chi connectivity index (χ0v) is 18.6. The smallest absolute Gasteiger partial charge is 0.291 e. The maximum atomic E-state index is 13.3. The number of carbonyl (C=O) groups is 3. The highest BCUT2D eigenvalue weighted by Crippen LogP contribution is 2.22. The highest BCUT2D eigenvalue weighted by atomic mass is 35.5. The van der Waals surface area contributed by atoms with E-state index in [1.165, 1.54) is 18.4 Å². The standard InChI is InChI=1S/C24H21ClFN3O4/c1-15-4-5-16(13-20(15)27-22(30)21-3-2-12-33-21)23(31)28-8-10-29(11-9-28)24(32)18-7-6-17(26)14-19(18)25/h2-7,12-14H,8-11H2,1H3,(H,27,30). The Labute approximate surface area is 194 Å². The van der Waals surface area contributed by atoms with E-state index in [4.69, 9.17) is 16.0 Å². The van der Waals surface area contributed by atoms with Crippen LogP contribution in [-0.2, 0) is 0 Å². The Morgan fingerprint density at radius 1 is 0.970 bits per heavy atom. The molecule has 0 radical (unpaired) electrons. The van der Waals surface area contributed by atoms with Crippen LogP contribution in [0.25, 0.3) is 0 Å². The molecule has 1 saturated heterocycles. The molecule has 3 amide bonds. The zero-order valence-electron chi connectivity index (χ0n) is 17.8. The largest absolute Gasteiger partial charge is 0.459 e. The summed E-state index contributed by atoms with van der Waals surface area (Å²) < 4.78 is 18.4. The first-order valence-corrected chi connectivity index (χ1v) is 10.7. The third-order valence-electron chi connectivity index (χ3n) is 5.49. The maximum absolute atomic E-state index is 13.3.